The Morgan fingerprint density at radius 2 is 1.88 bits per heavy atom. The second-order valence-electron chi connectivity index (χ2n) is 9.90. The molecule has 0 aromatic heterocycles. The highest BCUT2D eigenvalue weighted by atomic mass is 35.5. The van der Waals surface area contributed by atoms with E-state index in [0.717, 1.165) is 5.56 Å². The standard InChI is InChI=1S/C30H37ClN2O7/c1-18(30(37)39-4)17-32-29(36)23(16-20-13-14-25(38-3)22(31)15-20)33-26(34)12-8-11-24-19(2)27(35)28(40-24)21-9-6-5-7-10-21/h5-10,12-15,18-19,23-24,27-28,35H,11,16-17H2,1-4H3,(H,32,36)(H,33,34)/b12-8+/t18-,19-,23+,24?,27+,28?/m0/s1. The van der Waals surface area contributed by atoms with Crippen LogP contribution in [0.1, 0.15) is 37.5 Å². The van der Waals surface area contributed by atoms with E-state index in [1.807, 2.05) is 37.3 Å². The number of methoxy groups -OCH3 is 2. The van der Waals surface area contributed by atoms with E-state index in [2.05, 4.69) is 10.6 Å². The van der Waals surface area contributed by atoms with Gasteiger partial charge in [-0.2, -0.15) is 0 Å². The van der Waals surface area contributed by atoms with Crippen LogP contribution in [0.5, 0.6) is 5.75 Å². The SMILES string of the molecule is COC(=O)[C@@H](C)CNC(=O)[C@@H](Cc1ccc(OC)c(Cl)c1)NC(=O)/C=C/CC1OC(c2ccccc2)[C@H](O)[C@H]1C. The lowest BCUT2D eigenvalue weighted by Crippen LogP contribution is -2.49. The van der Waals surface area contributed by atoms with Crippen molar-refractivity contribution < 1.29 is 33.7 Å². The van der Waals surface area contributed by atoms with Gasteiger partial charge in [-0.15, -0.1) is 0 Å². The Kier molecular flexibility index (Phi) is 11.5. The van der Waals surface area contributed by atoms with Gasteiger partial charge in [0.25, 0.3) is 0 Å². The van der Waals surface area contributed by atoms with E-state index in [0.29, 0.717) is 22.8 Å². The highest BCUT2D eigenvalue weighted by Gasteiger charge is 2.40. The smallest absolute Gasteiger partial charge is 0.310 e. The van der Waals surface area contributed by atoms with Crippen LogP contribution in [0.25, 0.3) is 0 Å². The summed E-state index contributed by atoms with van der Waals surface area (Å²) in [6.07, 6.45) is 2.24. The van der Waals surface area contributed by atoms with E-state index in [-0.39, 0.29) is 25.0 Å². The van der Waals surface area contributed by atoms with Crippen LogP contribution in [0.4, 0.5) is 0 Å². The van der Waals surface area contributed by atoms with E-state index < -0.39 is 42.0 Å². The average Bonchev–Trinajstić information content (AvgIpc) is 3.24. The minimum absolute atomic E-state index is 0.0545. The van der Waals surface area contributed by atoms with Crippen molar-refractivity contribution >= 4 is 29.4 Å². The van der Waals surface area contributed by atoms with Crippen molar-refractivity contribution in [1.82, 2.24) is 10.6 Å². The molecule has 0 saturated carbocycles. The van der Waals surface area contributed by atoms with Gasteiger partial charge in [-0.1, -0.05) is 67.9 Å². The average molecular weight is 573 g/mol. The fourth-order valence-electron chi connectivity index (χ4n) is 4.55. The number of esters is 1. The van der Waals surface area contributed by atoms with Gasteiger partial charge in [0, 0.05) is 18.9 Å². The molecule has 1 aliphatic rings. The van der Waals surface area contributed by atoms with Crippen molar-refractivity contribution in [2.24, 2.45) is 11.8 Å². The quantitative estimate of drug-likeness (QED) is 0.263. The van der Waals surface area contributed by atoms with Gasteiger partial charge in [-0.25, -0.2) is 0 Å². The van der Waals surface area contributed by atoms with Gasteiger partial charge in [-0.05, 0) is 35.8 Å². The molecule has 40 heavy (non-hydrogen) atoms. The first-order valence-electron chi connectivity index (χ1n) is 13.2. The monoisotopic (exact) mass is 572 g/mol. The third kappa shape index (κ3) is 8.30. The highest BCUT2D eigenvalue weighted by molar-refractivity contribution is 6.32. The van der Waals surface area contributed by atoms with Gasteiger partial charge in [0.15, 0.2) is 0 Å². The summed E-state index contributed by atoms with van der Waals surface area (Å²) in [5, 5.41) is 16.5. The van der Waals surface area contributed by atoms with Gasteiger partial charge in [0.1, 0.15) is 17.9 Å². The number of halogens is 1. The van der Waals surface area contributed by atoms with Gasteiger partial charge in [0.2, 0.25) is 11.8 Å². The molecule has 9 nitrogen and oxygen atoms in total. The maximum absolute atomic E-state index is 13.0. The molecule has 1 fully saturated rings. The predicted molar refractivity (Wildman–Crippen MR) is 151 cm³/mol. The number of hydrogen-bond donors (Lipinski definition) is 3. The van der Waals surface area contributed by atoms with E-state index in [9.17, 15) is 19.5 Å². The zero-order valence-electron chi connectivity index (χ0n) is 23.1. The van der Waals surface area contributed by atoms with E-state index in [4.69, 9.17) is 25.8 Å². The molecule has 0 aliphatic carbocycles. The van der Waals surface area contributed by atoms with Crippen molar-refractivity contribution in [3.05, 3.63) is 76.8 Å². The van der Waals surface area contributed by atoms with Crippen LogP contribution in [0, 0.1) is 11.8 Å². The molecule has 0 spiro atoms. The van der Waals surface area contributed by atoms with Crippen LogP contribution in [0.3, 0.4) is 0 Å². The number of carbonyl (C=O) groups is 3. The fraction of sp³-hybridized carbons (Fsp3) is 0.433. The Labute approximate surface area is 239 Å². The summed E-state index contributed by atoms with van der Waals surface area (Å²) in [5.41, 5.74) is 1.62. The highest BCUT2D eigenvalue weighted by Crippen LogP contribution is 2.38. The van der Waals surface area contributed by atoms with Gasteiger partial charge < -0.3 is 30.0 Å². The van der Waals surface area contributed by atoms with Crippen LogP contribution in [-0.2, 0) is 30.3 Å². The molecule has 3 N–H and O–H groups in total. The van der Waals surface area contributed by atoms with Crippen molar-refractivity contribution in [1.29, 1.82) is 0 Å². The number of hydrogen-bond acceptors (Lipinski definition) is 7. The lowest BCUT2D eigenvalue weighted by atomic mass is 9.94. The van der Waals surface area contributed by atoms with E-state index >= 15 is 0 Å². The molecule has 2 aromatic carbocycles. The molecule has 0 bridgehead atoms. The molecule has 2 aromatic rings. The van der Waals surface area contributed by atoms with Crippen LogP contribution < -0.4 is 15.4 Å². The molecule has 6 atom stereocenters. The maximum atomic E-state index is 13.0. The van der Waals surface area contributed by atoms with Crippen LogP contribution in [0.15, 0.2) is 60.7 Å². The number of carbonyl (C=O) groups excluding carboxylic acids is 3. The van der Waals surface area contributed by atoms with Gasteiger partial charge >= 0.3 is 5.97 Å². The second-order valence-corrected chi connectivity index (χ2v) is 10.3. The molecule has 216 valence electrons. The molecule has 1 aliphatic heterocycles. The lowest BCUT2D eigenvalue weighted by Gasteiger charge is -2.19. The van der Waals surface area contributed by atoms with Crippen LogP contribution in [0.2, 0.25) is 5.02 Å². The number of benzene rings is 2. The van der Waals surface area contributed by atoms with Gasteiger partial charge in [0.05, 0.1) is 37.4 Å². The van der Waals surface area contributed by atoms with Crippen molar-refractivity contribution in [2.75, 3.05) is 20.8 Å². The second kappa shape index (κ2) is 14.8. The largest absolute Gasteiger partial charge is 0.495 e. The zero-order valence-corrected chi connectivity index (χ0v) is 23.9. The summed E-state index contributed by atoms with van der Waals surface area (Å²) in [6.45, 7) is 3.61. The minimum Gasteiger partial charge on any atom is -0.495 e. The molecular weight excluding hydrogens is 536 g/mol. The van der Waals surface area contributed by atoms with Crippen molar-refractivity contribution in [2.45, 2.75) is 51.0 Å². The Balaban J connectivity index is 1.64. The molecule has 1 heterocycles. The van der Waals surface area contributed by atoms with Crippen molar-refractivity contribution in [3.8, 4) is 5.75 Å². The van der Waals surface area contributed by atoms with E-state index in [1.54, 1.807) is 31.2 Å². The number of aliphatic hydroxyl groups excluding tert-OH is 1. The van der Waals surface area contributed by atoms with E-state index in [1.165, 1.54) is 20.3 Å². The lowest BCUT2D eigenvalue weighted by molar-refractivity contribution is -0.144. The Hall–Kier alpha value is -3.40. The van der Waals surface area contributed by atoms with Crippen LogP contribution in [-0.4, -0.2) is 61.9 Å². The first kappa shape index (κ1) is 31.1. The Morgan fingerprint density at radius 1 is 1.15 bits per heavy atom. The summed E-state index contributed by atoms with van der Waals surface area (Å²) in [4.78, 5) is 37.6. The van der Waals surface area contributed by atoms with Gasteiger partial charge in [-0.3, -0.25) is 14.4 Å². The number of ether oxygens (including phenoxy) is 3. The molecule has 1 saturated heterocycles. The first-order valence-corrected chi connectivity index (χ1v) is 13.6. The Bertz CT molecular complexity index is 1190. The van der Waals surface area contributed by atoms with Crippen molar-refractivity contribution in [3.63, 3.8) is 0 Å². The molecule has 2 amide bonds. The summed E-state index contributed by atoms with van der Waals surface area (Å²) in [6, 6.07) is 13.7. The third-order valence-corrected chi connectivity index (χ3v) is 7.29. The zero-order chi connectivity index (χ0) is 29.2. The predicted octanol–water partition coefficient (Wildman–Crippen LogP) is 3.38. The fourth-order valence-corrected chi connectivity index (χ4v) is 4.83. The third-order valence-electron chi connectivity index (χ3n) is 7.00. The summed E-state index contributed by atoms with van der Waals surface area (Å²) in [5.74, 6) is -1.56. The molecular formula is C30H37ClN2O7. The number of amides is 2. The first-order chi connectivity index (χ1) is 19.1. The molecule has 3 rings (SSSR count). The minimum atomic E-state index is -0.933. The summed E-state index contributed by atoms with van der Waals surface area (Å²) < 4.78 is 16.0. The molecule has 10 heteroatoms. The number of rotatable bonds is 12. The topological polar surface area (TPSA) is 123 Å². The number of aliphatic hydroxyl groups is 1. The Morgan fingerprint density at radius 3 is 2.52 bits per heavy atom. The van der Waals surface area contributed by atoms with Crippen LogP contribution >= 0.6 is 11.6 Å². The number of nitrogens with one attached hydrogen (secondary N) is 2. The normalized spacial score (nSPS) is 21.9. The summed E-state index contributed by atoms with van der Waals surface area (Å²) >= 11 is 6.25. The molecule has 2 unspecified atom stereocenters. The summed E-state index contributed by atoms with van der Waals surface area (Å²) in [7, 11) is 2.79. The molecule has 0 radical (unpaired) electrons. The maximum Gasteiger partial charge on any atom is 0.310 e.